The van der Waals surface area contributed by atoms with Crippen molar-refractivity contribution < 1.29 is 14.2 Å². The quantitative estimate of drug-likeness (QED) is 0.183. The molecule has 0 radical (unpaired) electrons. The standard InChI is InChI=1S/C26H26N2O4S2/c1-30-18-10-12-19(13-11-18)32-14-15-33-26-27-24-23(21-8-3-4-9-22(21)34-24)25(29)28(26)17-6-5-7-20(16-17)31-2/h5-7,10-13,16H,3-4,8-9,14-15H2,1-2H3. The highest BCUT2D eigenvalue weighted by molar-refractivity contribution is 7.99. The van der Waals surface area contributed by atoms with Gasteiger partial charge >= 0.3 is 0 Å². The van der Waals surface area contributed by atoms with Crippen molar-refractivity contribution >= 4 is 33.3 Å². The lowest BCUT2D eigenvalue weighted by Crippen LogP contribution is -2.22. The normalized spacial score (nSPS) is 13.0. The third-order valence-electron chi connectivity index (χ3n) is 5.91. The van der Waals surface area contributed by atoms with Crippen LogP contribution in [0.25, 0.3) is 15.9 Å². The van der Waals surface area contributed by atoms with Gasteiger partial charge in [-0.2, -0.15) is 0 Å². The molecule has 34 heavy (non-hydrogen) atoms. The smallest absolute Gasteiger partial charge is 0.267 e. The third-order valence-corrected chi connectivity index (χ3v) is 8.00. The minimum absolute atomic E-state index is 0.00349. The summed E-state index contributed by atoms with van der Waals surface area (Å²) in [5, 5.41) is 1.45. The van der Waals surface area contributed by atoms with Crippen LogP contribution in [-0.4, -0.2) is 36.1 Å². The van der Waals surface area contributed by atoms with E-state index in [9.17, 15) is 4.79 Å². The van der Waals surface area contributed by atoms with Gasteiger partial charge in [0.25, 0.3) is 5.56 Å². The fourth-order valence-electron chi connectivity index (χ4n) is 4.22. The van der Waals surface area contributed by atoms with E-state index in [4.69, 9.17) is 19.2 Å². The van der Waals surface area contributed by atoms with Crippen LogP contribution in [0.4, 0.5) is 0 Å². The summed E-state index contributed by atoms with van der Waals surface area (Å²) in [5.74, 6) is 2.93. The second kappa shape index (κ2) is 10.1. The van der Waals surface area contributed by atoms with Crippen molar-refractivity contribution in [1.29, 1.82) is 0 Å². The molecule has 0 bridgehead atoms. The number of thiophene rings is 1. The molecule has 8 heteroatoms. The second-order valence-electron chi connectivity index (χ2n) is 8.00. The highest BCUT2D eigenvalue weighted by atomic mass is 32.2. The van der Waals surface area contributed by atoms with Gasteiger partial charge in [0.15, 0.2) is 5.16 Å². The lowest BCUT2D eigenvalue weighted by atomic mass is 9.97. The van der Waals surface area contributed by atoms with Gasteiger partial charge in [0, 0.05) is 16.7 Å². The van der Waals surface area contributed by atoms with Crippen molar-refractivity contribution in [3.63, 3.8) is 0 Å². The van der Waals surface area contributed by atoms with Gasteiger partial charge in [-0.15, -0.1) is 11.3 Å². The van der Waals surface area contributed by atoms with Crippen LogP contribution in [0.2, 0.25) is 0 Å². The average molecular weight is 495 g/mol. The fourth-order valence-corrected chi connectivity index (χ4v) is 6.36. The SMILES string of the molecule is COc1ccc(OCCSc2nc3sc4c(c3c(=O)n2-c2cccc(OC)c2)CCCC4)cc1. The topological polar surface area (TPSA) is 62.6 Å². The molecule has 1 aliphatic rings. The molecule has 0 saturated carbocycles. The largest absolute Gasteiger partial charge is 0.497 e. The van der Waals surface area contributed by atoms with E-state index in [0.717, 1.165) is 46.7 Å². The van der Waals surface area contributed by atoms with Gasteiger partial charge in [-0.25, -0.2) is 4.98 Å². The average Bonchev–Trinajstić information content (AvgIpc) is 3.25. The van der Waals surface area contributed by atoms with Gasteiger partial charge in [-0.3, -0.25) is 9.36 Å². The zero-order valence-corrected chi connectivity index (χ0v) is 20.8. The highest BCUT2D eigenvalue weighted by Crippen LogP contribution is 2.35. The number of hydrogen-bond donors (Lipinski definition) is 0. The molecule has 0 N–H and O–H groups in total. The Labute approximate surface area is 206 Å². The predicted molar refractivity (Wildman–Crippen MR) is 138 cm³/mol. The maximum atomic E-state index is 13.8. The Bertz CT molecular complexity index is 1360. The summed E-state index contributed by atoms with van der Waals surface area (Å²) in [4.78, 5) is 21.0. The highest BCUT2D eigenvalue weighted by Gasteiger charge is 2.23. The maximum absolute atomic E-state index is 13.8. The minimum atomic E-state index is -0.00349. The zero-order valence-electron chi connectivity index (χ0n) is 19.2. The molecule has 2 heterocycles. The van der Waals surface area contributed by atoms with Crippen LogP contribution in [0.5, 0.6) is 17.2 Å². The fraction of sp³-hybridized carbons (Fsp3) is 0.308. The van der Waals surface area contributed by atoms with E-state index < -0.39 is 0 Å². The van der Waals surface area contributed by atoms with Crippen LogP contribution >= 0.6 is 23.1 Å². The van der Waals surface area contributed by atoms with E-state index in [1.54, 1.807) is 30.1 Å². The van der Waals surface area contributed by atoms with E-state index in [0.29, 0.717) is 23.3 Å². The number of ether oxygens (including phenoxy) is 3. The molecule has 2 aromatic heterocycles. The number of aryl methyl sites for hydroxylation is 2. The molecule has 4 aromatic rings. The van der Waals surface area contributed by atoms with Crippen LogP contribution in [0, 0.1) is 0 Å². The number of thioether (sulfide) groups is 1. The Balaban J connectivity index is 1.47. The predicted octanol–water partition coefficient (Wildman–Crippen LogP) is 5.51. The number of benzene rings is 2. The molecule has 0 saturated heterocycles. The van der Waals surface area contributed by atoms with E-state index >= 15 is 0 Å². The van der Waals surface area contributed by atoms with E-state index in [2.05, 4.69) is 0 Å². The molecule has 2 aromatic carbocycles. The maximum Gasteiger partial charge on any atom is 0.267 e. The Morgan fingerprint density at radius 2 is 1.76 bits per heavy atom. The molecule has 0 spiro atoms. The Morgan fingerprint density at radius 1 is 1.00 bits per heavy atom. The second-order valence-corrected chi connectivity index (χ2v) is 10.1. The van der Waals surface area contributed by atoms with Crippen molar-refractivity contribution in [3.05, 3.63) is 69.3 Å². The number of rotatable bonds is 8. The van der Waals surface area contributed by atoms with Gasteiger partial charge < -0.3 is 14.2 Å². The molecule has 1 aliphatic carbocycles. The van der Waals surface area contributed by atoms with Gasteiger partial charge in [0.05, 0.1) is 31.9 Å². The van der Waals surface area contributed by atoms with Crippen LogP contribution in [-0.2, 0) is 12.8 Å². The summed E-state index contributed by atoms with van der Waals surface area (Å²) in [5.41, 5.74) is 1.95. The van der Waals surface area contributed by atoms with Crippen LogP contribution in [0.15, 0.2) is 58.5 Å². The Kier molecular flexibility index (Phi) is 6.78. The number of fused-ring (bicyclic) bond motifs is 3. The monoisotopic (exact) mass is 494 g/mol. The number of methoxy groups -OCH3 is 2. The van der Waals surface area contributed by atoms with Gasteiger partial charge in [-0.05, 0) is 67.6 Å². The summed E-state index contributed by atoms with van der Waals surface area (Å²) < 4.78 is 18.2. The van der Waals surface area contributed by atoms with E-state index in [-0.39, 0.29) is 5.56 Å². The molecule has 176 valence electrons. The van der Waals surface area contributed by atoms with Crippen molar-refractivity contribution in [2.24, 2.45) is 0 Å². The summed E-state index contributed by atoms with van der Waals surface area (Å²) in [6.45, 7) is 0.490. The third kappa shape index (κ3) is 4.52. The molecule has 0 amide bonds. The van der Waals surface area contributed by atoms with Crippen molar-refractivity contribution in [2.45, 2.75) is 30.8 Å². The van der Waals surface area contributed by atoms with Crippen molar-refractivity contribution in [1.82, 2.24) is 9.55 Å². The minimum Gasteiger partial charge on any atom is -0.497 e. The number of nitrogens with zero attached hydrogens (tertiary/aromatic N) is 2. The van der Waals surface area contributed by atoms with Crippen LogP contribution < -0.4 is 19.8 Å². The van der Waals surface area contributed by atoms with E-state index in [1.165, 1.54) is 28.6 Å². The van der Waals surface area contributed by atoms with Gasteiger partial charge in [-0.1, -0.05) is 17.8 Å². The number of aromatic nitrogens is 2. The molecule has 0 fully saturated rings. The first-order valence-electron chi connectivity index (χ1n) is 11.3. The van der Waals surface area contributed by atoms with E-state index in [1.807, 2.05) is 48.5 Å². The van der Waals surface area contributed by atoms with Crippen molar-refractivity contribution in [3.8, 4) is 22.9 Å². The molecule has 0 unspecified atom stereocenters. The summed E-state index contributed by atoms with van der Waals surface area (Å²) in [7, 11) is 3.27. The Hall–Kier alpha value is -2.97. The molecular formula is C26H26N2O4S2. The summed E-state index contributed by atoms with van der Waals surface area (Å²) in [6, 6.07) is 15.1. The molecule has 0 atom stereocenters. The summed E-state index contributed by atoms with van der Waals surface area (Å²) >= 11 is 3.20. The molecule has 5 rings (SSSR count). The first-order chi connectivity index (χ1) is 16.7. The zero-order chi connectivity index (χ0) is 23.5. The lowest BCUT2D eigenvalue weighted by Gasteiger charge is -2.14. The first-order valence-corrected chi connectivity index (χ1v) is 13.1. The first kappa shape index (κ1) is 22.8. The van der Waals surface area contributed by atoms with Crippen LogP contribution in [0.1, 0.15) is 23.3 Å². The number of hydrogen-bond acceptors (Lipinski definition) is 7. The van der Waals surface area contributed by atoms with Crippen LogP contribution in [0.3, 0.4) is 0 Å². The summed E-state index contributed by atoms with van der Waals surface area (Å²) in [6.07, 6.45) is 4.28. The Morgan fingerprint density at radius 3 is 2.56 bits per heavy atom. The van der Waals surface area contributed by atoms with Gasteiger partial charge in [0.2, 0.25) is 0 Å². The molecule has 0 aliphatic heterocycles. The molecule has 6 nitrogen and oxygen atoms in total. The molecular weight excluding hydrogens is 468 g/mol. The van der Waals surface area contributed by atoms with Crippen molar-refractivity contribution in [2.75, 3.05) is 26.6 Å². The van der Waals surface area contributed by atoms with Gasteiger partial charge in [0.1, 0.15) is 22.1 Å². The lowest BCUT2D eigenvalue weighted by molar-refractivity contribution is 0.342.